The summed E-state index contributed by atoms with van der Waals surface area (Å²) in [5, 5.41) is 19.8. The van der Waals surface area contributed by atoms with E-state index in [2.05, 4.69) is 0 Å². The summed E-state index contributed by atoms with van der Waals surface area (Å²) in [6.07, 6.45) is 0. The van der Waals surface area contributed by atoms with E-state index in [9.17, 15) is 21.9 Å². The summed E-state index contributed by atoms with van der Waals surface area (Å²) in [6, 6.07) is 5.92. The summed E-state index contributed by atoms with van der Waals surface area (Å²) < 4.78 is 45.6. The van der Waals surface area contributed by atoms with Gasteiger partial charge in [0, 0.05) is 5.39 Å². The van der Waals surface area contributed by atoms with Crippen molar-refractivity contribution in [2.75, 3.05) is 0 Å². The number of rotatable bonds is 2. The van der Waals surface area contributed by atoms with Crippen LogP contribution in [-0.2, 0) is 20.0 Å². The first-order chi connectivity index (χ1) is 8.59. The zero-order chi connectivity index (χ0) is 14.4. The predicted molar refractivity (Wildman–Crippen MR) is 68.4 cm³/mol. The predicted octanol–water partition coefficient (Wildman–Crippen LogP) is -0.160. The smallest absolute Gasteiger partial charge is 0.238 e. The van der Waals surface area contributed by atoms with Gasteiger partial charge in [-0.15, -0.1) is 0 Å². The molecule has 7 nitrogen and oxygen atoms in total. The van der Waals surface area contributed by atoms with Crippen LogP contribution in [0, 0.1) is 0 Å². The van der Waals surface area contributed by atoms with Gasteiger partial charge in [-0.05, 0) is 29.7 Å². The Morgan fingerprint density at radius 3 is 2.05 bits per heavy atom. The number of aromatic hydroxyl groups is 1. The van der Waals surface area contributed by atoms with Crippen LogP contribution in [0.3, 0.4) is 0 Å². The van der Waals surface area contributed by atoms with Gasteiger partial charge in [0.2, 0.25) is 20.0 Å². The van der Waals surface area contributed by atoms with Crippen molar-refractivity contribution in [3.63, 3.8) is 0 Å². The van der Waals surface area contributed by atoms with E-state index >= 15 is 0 Å². The number of hydrogen-bond acceptors (Lipinski definition) is 5. The molecule has 0 radical (unpaired) electrons. The first-order valence-corrected chi connectivity index (χ1v) is 8.01. The van der Waals surface area contributed by atoms with Crippen LogP contribution >= 0.6 is 0 Å². The van der Waals surface area contributed by atoms with Crippen LogP contribution < -0.4 is 10.3 Å². The second-order valence-electron chi connectivity index (χ2n) is 3.92. The minimum Gasteiger partial charge on any atom is -0.508 e. The minimum atomic E-state index is -4.16. The molecule has 0 spiro atoms. The maximum absolute atomic E-state index is 11.5. The fraction of sp³-hybridized carbons (Fsp3) is 0. The standard InChI is InChI=1S/C10H10N2O5S2/c11-18(14,15)8-3-6-1-2-7(13)4-9(6)10(5-8)19(12,16)17/h1-5,13H,(H2,11,14,15)(H2,12,16,17). The lowest BCUT2D eigenvalue weighted by atomic mass is 10.1. The molecule has 0 fully saturated rings. The highest BCUT2D eigenvalue weighted by atomic mass is 32.2. The minimum absolute atomic E-state index is 0.120. The number of nitrogens with two attached hydrogens (primary N) is 2. The van der Waals surface area contributed by atoms with Gasteiger partial charge in [-0.1, -0.05) is 6.07 Å². The molecule has 0 aliphatic rings. The molecule has 0 bridgehead atoms. The molecule has 0 aromatic heterocycles. The third-order valence-corrected chi connectivity index (χ3v) is 4.35. The maximum Gasteiger partial charge on any atom is 0.238 e. The van der Waals surface area contributed by atoms with Crippen LogP contribution in [0.5, 0.6) is 5.75 Å². The maximum atomic E-state index is 11.5. The van der Waals surface area contributed by atoms with Gasteiger partial charge in [-0.25, -0.2) is 27.1 Å². The lowest BCUT2D eigenvalue weighted by Gasteiger charge is -2.08. The molecule has 102 valence electrons. The van der Waals surface area contributed by atoms with Gasteiger partial charge in [0.05, 0.1) is 9.79 Å². The first kappa shape index (κ1) is 13.7. The van der Waals surface area contributed by atoms with E-state index in [4.69, 9.17) is 10.3 Å². The second-order valence-corrected chi connectivity index (χ2v) is 7.01. The molecule has 0 atom stereocenters. The van der Waals surface area contributed by atoms with E-state index in [1.54, 1.807) is 0 Å². The summed E-state index contributed by atoms with van der Waals surface area (Å²) in [7, 11) is -8.23. The van der Waals surface area contributed by atoms with E-state index in [1.807, 2.05) is 0 Å². The molecule has 19 heavy (non-hydrogen) atoms. The summed E-state index contributed by atoms with van der Waals surface area (Å²) >= 11 is 0. The van der Waals surface area contributed by atoms with E-state index < -0.39 is 24.9 Å². The van der Waals surface area contributed by atoms with Crippen molar-refractivity contribution in [3.05, 3.63) is 30.3 Å². The zero-order valence-electron chi connectivity index (χ0n) is 9.44. The number of fused-ring (bicyclic) bond motifs is 1. The Hall–Kier alpha value is -1.68. The average molecular weight is 302 g/mol. The summed E-state index contributed by atoms with van der Waals surface area (Å²) in [6.45, 7) is 0. The van der Waals surface area contributed by atoms with Crippen molar-refractivity contribution in [2.45, 2.75) is 9.79 Å². The van der Waals surface area contributed by atoms with Gasteiger partial charge in [-0.2, -0.15) is 0 Å². The Morgan fingerprint density at radius 1 is 0.895 bits per heavy atom. The Labute approximate surface area is 109 Å². The van der Waals surface area contributed by atoms with E-state index in [0.29, 0.717) is 0 Å². The molecule has 0 saturated heterocycles. The average Bonchev–Trinajstić information content (AvgIpc) is 2.24. The van der Waals surface area contributed by atoms with Crippen LogP contribution in [-0.4, -0.2) is 21.9 Å². The van der Waals surface area contributed by atoms with E-state index in [0.717, 1.165) is 6.07 Å². The van der Waals surface area contributed by atoms with Gasteiger partial charge in [0.25, 0.3) is 0 Å². The molecule has 9 heteroatoms. The fourth-order valence-corrected chi connectivity index (χ4v) is 3.11. The number of phenols is 1. The fourth-order valence-electron chi connectivity index (χ4n) is 1.69. The van der Waals surface area contributed by atoms with Gasteiger partial charge in [-0.3, -0.25) is 0 Å². The normalized spacial score (nSPS) is 12.7. The van der Waals surface area contributed by atoms with Crippen LogP contribution in [0.1, 0.15) is 0 Å². The lowest BCUT2D eigenvalue weighted by Crippen LogP contribution is -2.16. The first-order valence-electron chi connectivity index (χ1n) is 4.91. The van der Waals surface area contributed by atoms with Crippen molar-refractivity contribution < 1.29 is 21.9 Å². The Morgan fingerprint density at radius 2 is 1.53 bits per heavy atom. The van der Waals surface area contributed by atoms with Crippen LogP contribution in [0.15, 0.2) is 40.1 Å². The molecular formula is C10H10N2O5S2. The monoisotopic (exact) mass is 302 g/mol. The van der Waals surface area contributed by atoms with Crippen molar-refractivity contribution in [1.29, 1.82) is 0 Å². The van der Waals surface area contributed by atoms with E-state index in [1.165, 1.54) is 24.3 Å². The molecule has 0 heterocycles. The van der Waals surface area contributed by atoms with E-state index in [-0.39, 0.29) is 21.4 Å². The Balaban J connectivity index is 3.01. The third-order valence-electron chi connectivity index (χ3n) is 2.51. The van der Waals surface area contributed by atoms with Crippen molar-refractivity contribution in [2.24, 2.45) is 10.3 Å². The quantitative estimate of drug-likeness (QED) is 0.707. The molecule has 5 N–H and O–H groups in total. The SMILES string of the molecule is NS(=O)(=O)c1cc(S(N)(=O)=O)c2cc(O)ccc2c1. The number of phenolic OH excluding ortho intramolecular Hbond substituents is 1. The van der Waals surface area contributed by atoms with Gasteiger partial charge >= 0.3 is 0 Å². The molecule has 0 aliphatic carbocycles. The Bertz CT molecular complexity index is 872. The highest BCUT2D eigenvalue weighted by molar-refractivity contribution is 7.90. The topological polar surface area (TPSA) is 141 Å². The molecule has 2 aromatic rings. The molecule has 0 saturated carbocycles. The number of hydrogen-bond donors (Lipinski definition) is 3. The molecule has 0 unspecified atom stereocenters. The van der Waals surface area contributed by atoms with Gasteiger partial charge in [0.15, 0.2) is 0 Å². The van der Waals surface area contributed by atoms with Crippen molar-refractivity contribution in [3.8, 4) is 5.75 Å². The van der Waals surface area contributed by atoms with Crippen LogP contribution in [0.4, 0.5) is 0 Å². The van der Waals surface area contributed by atoms with Gasteiger partial charge < -0.3 is 5.11 Å². The summed E-state index contributed by atoms with van der Waals surface area (Å²) in [5.74, 6) is -0.166. The highest BCUT2D eigenvalue weighted by Crippen LogP contribution is 2.28. The zero-order valence-corrected chi connectivity index (χ0v) is 11.1. The largest absolute Gasteiger partial charge is 0.508 e. The number of primary sulfonamides is 2. The second kappa shape index (κ2) is 4.17. The molecule has 0 amide bonds. The van der Waals surface area contributed by atoms with Crippen LogP contribution in [0.25, 0.3) is 10.8 Å². The van der Waals surface area contributed by atoms with Crippen molar-refractivity contribution >= 4 is 30.8 Å². The summed E-state index contributed by atoms with van der Waals surface area (Å²) in [4.78, 5) is -0.778. The summed E-state index contributed by atoms with van der Waals surface area (Å²) in [5.41, 5.74) is 0. The van der Waals surface area contributed by atoms with Crippen molar-refractivity contribution in [1.82, 2.24) is 0 Å². The van der Waals surface area contributed by atoms with Crippen LogP contribution in [0.2, 0.25) is 0 Å². The molecule has 2 rings (SSSR count). The molecule has 2 aromatic carbocycles. The highest BCUT2D eigenvalue weighted by Gasteiger charge is 2.18. The third kappa shape index (κ3) is 2.68. The van der Waals surface area contributed by atoms with Gasteiger partial charge in [0.1, 0.15) is 5.75 Å². The molecule has 0 aliphatic heterocycles. The Kier molecular flexibility index (Phi) is 3.01. The molecular weight excluding hydrogens is 292 g/mol. The number of benzene rings is 2. The number of sulfonamides is 2. The lowest BCUT2D eigenvalue weighted by molar-refractivity contribution is 0.476.